The van der Waals surface area contributed by atoms with Crippen LogP contribution in [0.25, 0.3) is 0 Å². The van der Waals surface area contributed by atoms with Crippen LogP contribution >= 0.6 is 11.3 Å². The molecular formula is C13H23N3O2S2. The van der Waals surface area contributed by atoms with E-state index in [0.29, 0.717) is 24.0 Å². The highest BCUT2D eigenvalue weighted by Crippen LogP contribution is 2.26. The lowest BCUT2D eigenvalue weighted by Gasteiger charge is -2.19. The third-order valence-corrected chi connectivity index (χ3v) is 5.98. The van der Waals surface area contributed by atoms with Crippen molar-refractivity contribution < 1.29 is 8.42 Å². The van der Waals surface area contributed by atoms with Crippen LogP contribution < -0.4 is 10.0 Å². The summed E-state index contributed by atoms with van der Waals surface area (Å²) in [5, 5.41) is 4.72. The summed E-state index contributed by atoms with van der Waals surface area (Å²) in [6.07, 6.45) is 2.50. The molecule has 0 saturated heterocycles. The molecule has 1 heterocycles. The zero-order chi connectivity index (χ0) is 14.6. The van der Waals surface area contributed by atoms with Crippen LogP contribution in [0.2, 0.25) is 0 Å². The minimum Gasteiger partial charge on any atom is -0.315 e. The quantitative estimate of drug-likeness (QED) is 0.719. The average molecular weight is 317 g/mol. The highest BCUT2D eigenvalue weighted by atomic mass is 32.2. The van der Waals surface area contributed by atoms with Crippen molar-refractivity contribution in [3.8, 4) is 0 Å². The van der Waals surface area contributed by atoms with Crippen molar-refractivity contribution in [1.29, 1.82) is 0 Å². The molecule has 7 heteroatoms. The summed E-state index contributed by atoms with van der Waals surface area (Å²) in [6.45, 7) is 5.07. The maximum absolute atomic E-state index is 12.2. The molecule has 0 aliphatic heterocycles. The Morgan fingerprint density at radius 1 is 1.45 bits per heavy atom. The largest absolute Gasteiger partial charge is 0.315 e. The van der Waals surface area contributed by atoms with Gasteiger partial charge in [0.15, 0.2) is 0 Å². The van der Waals surface area contributed by atoms with E-state index in [9.17, 15) is 8.42 Å². The van der Waals surface area contributed by atoms with Gasteiger partial charge in [-0.3, -0.25) is 4.90 Å². The van der Waals surface area contributed by atoms with Gasteiger partial charge in [0.1, 0.15) is 0 Å². The van der Waals surface area contributed by atoms with Gasteiger partial charge < -0.3 is 5.32 Å². The van der Waals surface area contributed by atoms with E-state index in [-0.39, 0.29) is 0 Å². The van der Waals surface area contributed by atoms with Crippen molar-refractivity contribution in [2.24, 2.45) is 0 Å². The molecule has 1 saturated carbocycles. The number of hydrogen-bond donors (Lipinski definition) is 2. The van der Waals surface area contributed by atoms with E-state index in [4.69, 9.17) is 0 Å². The Labute approximate surface area is 125 Å². The Morgan fingerprint density at radius 2 is 2.20 bits per heavy atom. The molecule has 2 rings (SSSR count). The lowest BCUT2D eigenvalue weighted by molar-refractivity contribution is 0.282. The lowest BCUT2D eigenvalue weighted by atomic mass is 10.4. The van der Waals surface area contributed by atoms with E-state index in [1.54, 1.807) is 11.4 Å². The molecule has 114 valence electrons. The summed E-state index contributed by atoms with van der Waals surface area (Å²) in [5.41, 5.74) is 0. The van der Waals surface area contributed by atoms with Gasteiger partial charge in [0.05, 0.1) is 4.90 Å². The van der Waals surface area contributed by atoms with E-state index in [1.807, 2.05) is 7.05 Å². The Hall–Kier alpha value is -0.470. The Bertz CT molecular complexity index is 523. The van der Waals surface area contributed by atoms with Gasteiger partial charge in [-0.25, -0.2) is 13.1 Å². The van der Waals surface area contributed by atoms with Crippen molar-refractivity contribution >= 4 is 21.4 Å². The summed E-state index contributed by atoms with van der Waals surface area (Å²) < 4.78 is 27.0. The van der Waals surface area contributed by atoms with Gasteiger partial charge in [0.2, 0.25) is 10.0 Å². The van der Waals surface area contributed by atoms with Gasteiger partial charge in [0, 0.05) is 35.9 Å². The molecule has 0 aromatic carbocycles. The van der Waals surface area contributed by atoms with Gasteiger partial charge in [-0.2, -0.15) is 0 Å². The summed E-state index contributed by atoms with van der Waals surface area (Å²) in [7, 11) is -1.51. The van der Waals surface area contributed by atoms with Gasteiger partial charge in [-0.1, -0.05) is 6.92 Å². The molecule has 0 unspecified atom stereocenters. The summed E-state index contributed by atoms with van der Waals surface area (Å²) >= 11 is 1.47. The minimum atomic E-state index is -3.36. The van der Waals surface area contributed by atoms with Crippen molar-refractivity contribution in [2.75, 3.05) is 26.7 Å². The summed E-state index contributed by atoms with van der Waals surface area (Å²) in [6, 6.07) is 2.41. The molecule has 1 aliphatic rings. The molecule has 0 amide bonds. The summed E-state index contributed by atoms with van der Waals surface area (Å²) in [4.78, 5) is 3.74. The molecular weight excluding hydrogens is 294 g/mol. The molecule has 20 heavy (non-hydrogen) atoms. The Kier molecular flexibility index (Phi) is 5.57. The molecule has 1 aromatic heterocycles. The van der Waals surface area contributed by atoms with Gasteiger partial charge in [-0.05, 0) is 32.5 Å². The highest BCUT2D eigenvalue weighted by molar-refractivity contribution is 7.89. The standard InChI is InChI=1S/C13H23N3O2S2/c1-3-16(11-4-5-11)7-6-15-20(17,18)13-8-12(9-14-2)19-10-13/h8,10-11,14-15H,3-7,9H2,1-2H3. The van der Waals surface area contributed by atoms with Crippen molar-refractivity contribution in [1.82, 2.24) is 14.9 Å². The molecule has 1 aliphatic carbocycles. The number of likely N-dealkylation sites (N-methyl/N-ethyl adjacent to an activating group) is 1. The molecule has 0 atom stereocenters. The first-order valence-electron chi connectivity index (χ1n) is 7.02. The van der Waals surface area contributed by atoms with E-state index in [0.717, 1.165) is 18.0 Å². The SMILES string of the molecule is CCN(CCNS(=O)(=O)c1csc(CNC)c1)C1CC1. The highest BCUT2D eigenvalue weighted by Gasteiger charge is 2.27. The lowest BCUT2D eigenvalue weighted by Crippen LogP contribution is -2.36. The van der Waals surface area contributed by atoms with Gasteiger partial charge in [0.25, 0.3) is 0 Å². The molecule has 1 aromatic rings. The zero-order valence-corrected chi connectivity index (χ0v) is 13.7. The number of rotatable bonds is 9. The van der Waals surface area contributed by atoms with Crippen LogP contribution in [0.4, 0.5) is 0 Å². The second-order valence-corrected chi connectivity index (χ2v) is 7.80. The minimum absolute atomic E-state index is 0.377. The number of hydrogen-bond acceptors (Lipinski definition) is 5. The molecule has 0 spiro atoms. The second-order valence-electron chi connectivity index (χ2n) is 5.04. The number of nitrogens with one attached hydrogen (secondary N) is 2. The van der Waals surface area contributed by atoms with Crippen LogP contribution in [0.1, 0.15) is 24.6 Å². The van der Waals surface area contributed by atoms with Gasteiger partial charge >= 0.3 is 0 Å². The van der Waals surface area contributed by atoms with Crippen LogP contribution in [-0.2, 0) is 16.6 Å². The fourth-order valence-electron chi connectivity index (χ4n) is 2.21. The summed E-state index contributed by atoms with van der Waals surface area (Å²) in [5.74, 6) is 0. The van der Waals surface area contributed by atoms with Crippen LogP contribution in [0.5, 0.6) is 0 Å². The van der Waals surface area contributed by atoms with Crippen molar-refractivity contribution in [3.63, 3.8) is 0 Å². The normalized spacial score (nSPS) is 15.9. The molecule has 1 fully saturated rings. The van der Waals surface area contributed by atoms with Crippen LogP contribution in [0.15, 0.2) is 16.3 Å². The first kappa shape index (κ1) is 15.9. The van der Waals surface area contributed by atoms with Crippen LogP contribution in [-0.4, -0.2) is 46.0 Å². The van der Waals surface area contributed by atoms with Gasteiger partial charge in [-0.15, -0.1) is 11.3 Å². The average Bonchev–Trinajstić information content (AvgIpc) is 3.14. The number of nitrogens with zero attached hydrogens (tertiary/aromatic N) is 1. The van der Waals surface area contributed by atoms with Crippen LogP contribution in [0, 0.1) is 0 Å². The molecule has 2 N–H and O–H groups in total. The maximum atomic E-state index is 12.2. The molecule has 0 radical (unpaired) electrons. The maximum Gasteiger partial charge on any atom is 0.241 e. The monoisotopic (exact) mass is 317 g/mol. The van der Waals surface area contributed by atoms with Crippen molar-refractivity contribution in [2.45, 2.75) is 37.2 Å². The third kappa shape index (κ3) is 4.26. The first-order chi connectivity index (χ1) is 9.56. The van der Waals surface area contributed by atoms with E-state index in [1.165, 1.54) is 24.2 Å². The second kappa shape index (κ2) is 7.00. The van der Waals surface area contributed by atoms with E-state index >= 15 is 0 Å². The molecule has 0 bridgehead atoms. The smallest absolute Gasteiger partial charge is 0.241 e. The van der Waals surface area contributed by atoms with E-state index < -0.39 is 10.0 Å². The fourth-order valence-corrected chi connectivity index (χ4v) is 4.52. The Balaban J connectivity index is 1.86. The van der Waals surface area contributed by atoms with Crippen molar-refractivity contribution in [3.05, 3.63) is 16.3 Å². The topological polar surface area (TPSA) is 61.4 Å². The van der Waals surface area contributed by atoms with E-state index in [2.05, 4.69) is 21.9 Å². The van der Waals surface area contributed by atoms with Crippen LogP contribution in [0.3, 0.4) is 0 Å². The molecule has 5 nitrogen and oxygen atoms in total. The third-order valence-electron chi connectivity index (χ3n) is 3.45. The predicted octanol–water partition coefficient (Wildman–Crippen LogP) is 1.23. The fraction of sp³-hybridized carbons (Fsp3) is 0.692. The predicted molar refractivity (Wildman–Crippen MR) is 82.5 cm³/mol. The first-order valence-corrected chi connectivity index (χ1v) is 9.39. The number of sulfonamides is 1. The Morgan fingerprint density at radius 3 is 2.80 bits per heavy atom. The zero-order valence-electron chi connectivity index (χ0n) is 12.1. The number of thiophene rings is 1.